The van der Waals surface area contributed by atoms with Gasteiger partial charge in [0, 0.05) is 53.8 Å². The van der Waals surface area contributed by atoms with Crippen LogP contribution in [0.5, 0.6) is 0 Å². The number of hydrogen-bond donors (Lipinski definition) is 3. The Balaban J connectivity index is 1.24. The number of amides is 1. The van der Waals surface area contributed by atoms with Crippen molar-refractivity contribution in [1.29, 1.82) is 0 Å². The van der Waals surface area contributed by atoms with Crippen molar-refractivity contribution < 1.29 is 39.6 Å². The number of nitrogens with one attached hydrogen (secondary N) is 3. The second kappa shape index (κ2) is 11.0. The molecular weight excluding hydrogens is 574 g/mol. The molecule has 2 heterocycles. The summed E-state index contributed by atoms with van der Waals surface area (Å²) in [5, 5.41) is 2.92. The van der Waals surface area contributed by atoms with Crippen LogP contribution in [0.25, 0.3) is 22.2 Å². The lowest BCUT2D eigenvalue weighted by Crippen LogP contribution is -2.59. The van der Waals surface area contributed by atoms with Gasteiger partial charge in [-0.25, -0.2) is 13.1 Å². The van der Waals surface area contributed by atoms with Gasteiger partial charge in [-0.1, -0.05) is 24.3 Å². The monoisotopic (exact) mass is 602 g/mol. The predicted molar refractivity (Wildman–Crippen MR) is 139 cm³/mol. The van der Waals surface area contributed by atoms with Crippen molar-refractivity contribution in [2.45, 2.75) is 55.0 Å². The Morgan fingerprint density at radius 1 is 0.951 bits per heavy atom. The molecule has 1 amide bonds. The number of aromatic amines is 1. The number of rotatable bonds is 5. The summed E-state index contributed by atoms with van der Waals surface area (Å²) in [4.78, 5) is 16.9. The zero-order valence-electron chi connectivity index (χ0n) is 21.6. The molecular formula is C27H28F6N4O3S. The topological polar surface area (TPSA) is 94.3 Å². The number of H-pyrrole nitrogens is 1. The smallest absolute Gasteiger partial charge is 0.354 e. The molecule has 0 radical (unpaired) electrons. The molecule has 2 aromatic carbocycles. The van der Waals surface area contributed by atoms with Crippen LogP contribution in [0.4, 0.5) is 26.3 Å². The number of hydrogen-bond acceptors (Lipinski definition) is 4. The van der Waals surface area contributed by atoms with Gasteiger partial charge in [-0.3, -0.25) is 4.79 Å². The second-order valence-corrected chi connectivity index (χ2v) is 12.2. The van der Waals surface area contributed by atoms with Crippen LogP contribution >= 0.6 is 0 Å². The lowest BCUT2D eigenvalue weighted by molar-refractivity contribution is -0.169. The van der Waals surface area contributed by atoms with E-state index in [-0.39, 0.29) is 35.1 Å². The number of alkyl halides is 6. The molecule has 1 atom stereocenters. The van der Waals surface area contributed by atoms with E-state index in [1.807, 2.05) is 0 Å². The number of piperazine rings is 1. The van der Waals surface area contributed by atoms with Gasteiger partial charge in [0.05, 0.1) is 10.5 Å². The van der Waals surface area contributed by atoms with E-state index in [1.165, 1.54) is 47.4 Å². The van der Waals surface area contributed by atoms with Crippen LogP contribution < -0.4 is 10.0 Å². The van der Waals surface area contributed by atoms with Crippen LogP contribution in [-0.2, 0) is 21.0 Å². The first kappa shape index (κ1) is 29.4. The number of fused-ring (bicyclic) bond motifs is 1. The number of aromatic nitrogens is 1. The molecule has 1 aliphatic heterocycles. The number of halogens is 6. The average Bonchev–Trinajstić information content (AvgIpc) is 3.36. The molecule has 0 bridgehead atoms. The molecule has 222 valence electrons. The van der Waals surface area contributed by atoms with Gasteiger partial charge in [-0.15, -0.1) is 0 Å². The Labute approximate surface area is 232 Å². The highest BCUT2D eigenvalue weighted by Crippen LogP contribution is 2.38. The second-order valence-electron chi connectivity index (χ2n) is 10.5. The van der Waals surface area contributed by atoms with Gasteiger partial charge < -0.3 is 15.2 Å². The molecule has 2 fully saturated rings. The first-order chi connectivity index (χ1) is 19.2. The van der Waals surface area contributed by atoms with Crippen molar-refractivity contribution in [1.82, 2.24) is 19.9 Å². The Bertz CT molecular complexity index is 1530. The standard InChI is InChI=1S/C27H28F6N4O3S/c28-26(29,30)21-4-2-1-3-20(21)23-13-17-7-10-19(14-22(17)35-23)41(39,40)36-18-8-5-16(6-9-18)25(38)37-12-11-34-24(15-37)27(31,32)33/h1-4,7,10,13-14,16,18,24,34-36H,5-6,8-9,11-12,15H2. The van der Waals surface area contributed by atoms with Crippen molar-refractivity contribution in [2.75, 3.05) is 19.6 Å². The van der Waals surface area contributed by atoms with Crippen LogP contribution in [0.1, 0.15) is 31.2 Å². The van der Waals surface area contributed by atoms with E-state index < -0.39 is 52.5 Å². The highest BCUT2D eigenvalue weighted by Gasteiger charge is 2.44. The summed E-state index contributed by atoms with van der Waals surface area (Å²) < 4.78 is 109. The normalized spacial score (nSPS) is 22.7. The van der Waals surface area contributed by atoms with Crippen LogP contribution in [0.2, 0.25) is 0 Å². The van der Waals surface area contributed by atoms with Crippen molar-refractivity contribution >= 4 is 26.8 Å². The summed E-state index contributed by atoms with van der Waals surface area (Å²) in [6, 6.07) is 8.62. The summed E-state index contributed by atoms with van der Waals surface area (Å²) in [5.74, 6) is -0.821. The van der Waals surface area contributed by atoms with Gasteiger partial charge in [0.25, 0.3) is 0 Å². The molecule has 2 aliphatic rings. The van der Waals surface area contributed by atoms with Gasteiger partial charge in [0.1, 0.15) is 6.04 Å². The Morgan fingerprint density at radius 3 is 2.34 bits per heavy atom. The van der Waals surface area contributed by atoms with Crippen molar-refractivity contribution in [3.05, 3.63) is 54.1 Å². The number of nitrogens with zero attached hydrogens (tertiary/aromatic N) is 1. The molecule has 1 aliphatic carbocycles. The Morgan fingerprint density at radius 2 is 1.66 bits per heavy atom. The summed E-state index contributed by atoms with van der Waals surface area (Å²) in [7, 11) is -4.00. The number of sulfonamides is 1. The Hall–Kier alpha value is -3.10. The van der Waals surface area contributed by atoms with Crippen molar-refractivity contribution in [2.24, 2.45) is 5.92 Å². The van der Waals surface area contributed by atoms with Gasteiger partial charge in [0.2, 0.25) is 15.9 Å². The third-order valence-corrected chi connectivity index (χ3v) is 9.23. The average molecular weight is 603 g/mol. The fraction of sp³-hybridized carbons (Fsp3) is 0.444. The fourth-order valence-electron chi connectivity index (χ4n) is 5.56. The fourth-order valence-corrected chi connectivity index (χ4v) is 6.89. The van der Waals surface area contributed by atoms with Crippen molar-refractivity contribution in [3.8, 4) is 11.3 Å². The quantitative estimate of drug-likeness (QED) is 0.357. The van der Waals surface area contributed by atoms with Gasteiger partial charge in [0.15, 0.2) is 0 Å². The minimum Gasteiger partial charge on any atom is -0.354 e. The predicted octanol–water partition coefficient (Wildman–Crippen LogP) is 5.05. The zero-order valence-corrected chi connectivity index (χ0v) is 22.5. The van der Waals surface area contributed by atoms with Gasteiger partial charge in [-0.2, -0.15) is 26.3 Å². The number of carbonyl (C=O) groups is 1. The van der Waals surface area contributed by atoms with E-state index in [1.54, 1.807) is 0 Å². The van der Waals surface area contributed by atoms with E-state index in [2.05, 4.69) is 15.0 Å². The molecule has 1 unspecified atom stereocenters. The maximum atomic E-state index is 13.5. The summed E-state index contributed by atoms with van der Waals surface area (Å²) >= 11 is 0. The minimum absolute atomic E-state index is 0.0482. The third kappa shape index (κ3) is 6.38. The first-order valence-electron chi connectivity index (χ1n) is 13.1. The molecule has 14 heteroatoms. The maximum Gasteiger partial charge on any atom is 0.417 e. The van der Waals surface area contributed by atoms with E-state index in [0.717, 1.165) is 6.07 Å². The number of carbonyl (C=O) groups excluding carboxylic acids is 1. The Kier molecular flexibility index (Phi) is 7.85. The van der Waals surface area contributed by atoms with E-state index in [0.29, 0.717) is 36.6 Å². The molecule has 0 spiro atoms. The molecule has 1 saturated carbocycles. The van der Waals surface area contributed by atoms with E-state index >= 15 is 0 Å². The highest BCUT2D eigenvalue weighted by molar-refractivity contribution is 7.89. The minimum atomic E-state index is -4.56. The molecule has 3 N–H and O–H groups in total. The molecule has 1 saturated heterocycles. The zero-order chi connectivity index (χ0) is 29.6. The molecule has 1 aromatic heterocycles. The largest absolute Gasteiger partial charge is 0.417 e. The molecule has 5 rings (SSSR count). The maximum absolute atomic E-state index is 13.5. The van der Waals surface area contributed by atoms with Gasteiger partial charge in [-0.05, 0) is 49.9 Å². The highest BCUT2D eigenvalue weighted by atomic mass is 32.2. The lowest BCUT2D eigenvalue weighted by Gasteiger charge is -2.38. The van der Waals surface area contributed by atoms with Crippen LogP contribution in [0, 0.1) is 5.92 Å². The SMILES string of the molecule is O=C(C1CCC(NS(=O)(=O)c2ccc3cc(-c4ccccc4C(F)(F)F)[nH]c3c2)CC1)N1CCNC(C(F)(F)F)C1. The van der Waals surface area contributed by atoms with Crippen LogP contribution in [0.15, 0.2) is 53.4 Å². The lowest BCUT2D eigenvalue weighted by atomic mass is 9.85. The summed E-state index contributed by atoms with van der Waals surface area (Å²) in [5.41, 5.74) is -0.321. The van der Waals surface area contributed by atoms with E-state index in [4.69, 9.17) is 0 Å². The summed E-state index contributed by atoms with van der Waals surface area (Å²) in [6.45, 7) is -0.213. The summed E-state index contributed by atoms with van der Waals surface area (Å²) in [6.07, 6.45) is -7.66. The van der Waals surface area contributed by atoms with Gasteiger partial charge >= 0.3 is 12.4 Å². The number of benzene rings is 2. The van der Waals surface area contributed by atoms with Crippen LogP contribution in [-0.4, -0.2) is 62.1 Å². The third-order valence-electron chi connectivity index (χ3n) is 7.71. The first-order valence-corrected chi connectivity index (χ1v) is 14.6. The van der Waals surface area contributed by atoms with Crippen LogP contribution in [0.3, 0.4) is 0 Å². The molecule has 7 nitrogen and oxygen atoms in total. The molecule has 41 heavy (non-hydrogen) atoms. The molecule has 3 aromatic rings. The van der Waals surface area contributed by atoms with E-state index in [9.17, 15) is 39.6 Å². The van der Waals surface area contributed by atoms with Crippen molar-refractivity contribution in [3.63, 3.8) is 0 Å².